The van der Waals surface area contributed by atoms with Gasteiger partial charge in [-0.3, -0.25) is 0 Å². The summed E-state index contributed by atoms with van der Waals surface area (Å²) >= 11 is 0. The Morgan fingerprint density at radius 3 is 2.96 bits per heavy atom. The van der Waals surface area contributed by atoms with E-state index in [1.807, 2.05) is 35.2 Å². The molecule has 6 heteroatoms. The number of nitrogens with one attached hydrogen (secondary N) is 1. The van der Waals surface area contributed by atoms with Gasteiger partial charge >= 0.3 is 6.03 Å². The summed E-state index contributed by atoms with van der Waals surface area (Å²) in [6.07, 6.45) is 3.70. The number of carbonyl (C=O) groups is 1. The van der Waals surface area contributed by atoms with E-state index in [4.69, 9.17) is 4.52 Å². The molecular weight excluding hydrogens is 292 g/mol. The average Bonchev–Trinajstić information content (AvgIpc) is 3.20. The number of urea groups is 1. The zero-order valence-corrected chi connectivity index (χ0v) is 13.4. The van der Waals surface area contributed by atoms with Crippen LogP contribution in [-0.4, -0.2) is 33.7 Å². The number of aromatic nitrogens is 2. The van der Waals surface area contributed by atoms with Gasteiger partial charge in [-0.15, -0.1) is 0 Å². The highest BCUT2D eigenvalue weighted by Crippen LogP contribution is 2.21. The molecular formula is C17H22N4O2. The fraction of sp³-hybridized carbons (Fsp3) is 0.471. The van der Waals surface area contributed by atoms with E-state index in [-0.39, 0.29) is 12.1 Å². The van der Waals surface area contributed by atoms with Crippen LogP contribution in [0, 0.1) is 6.92 Å². The third-order valence-electron chi connectivity index (χ3n) is 4.20. The maximum absolute atomic E-state index is 12.4. The first-order valence-electron chi connectivity index (χ1n) is 8.10. The van der Waals surface area contributed by atoms with E-state index in [9.17, 15) is 4.79 Å². The summed E-state index contributed by atoms with van der Waals surface area (Å²) in [5.74, 6) is 1.31. The van der Waals surface area contributed by atoms with E-state index in [0.717, 1.165) is 43.6 Å². The first-order valence-corrected chi connectivity index (χ1v) is 8.10. The number of hydrogen-bond acceptors (Lipinski definition) is 4. The third kappa shape index (κ3) is 4.09. The normalized spacial score (nSPS) is 17.4. The van der Waals surface area contributed by atoms with Gasteiger partial charge in [0.05, 0.1) is 0 Å². The molecule has 2 heterocycles. The predicted octanol–water partition coefficient (Wildman–Crippen LogP) is 2.68. The molecule has 0 radical (unpaired) electrons. The monoisotopic (exact) mass is 314 g/mol. The SMILES string of the molecule is Cc1nc(CCC2CCCN2C(=O)NCc2ccccc2)no1. The Labute approximate surface area is 135 Å². The van der Waals surface area contributed by atoms with Crippen molar-refractivity contribution in [2.24, 2.45) is 0 Å². The smallest absolute Gasteiger partial charge is 0.317 e. The van der Waals surface area contributed by atoms with Crippen molar-refractivity contribution in [1.82, 2.24) is 20.4 Å². The lowest BCUT2D eigenvalue weighted by atomic mass is 10.1. The van der Waals surface area contributed by atoms with Crippen LogP contribution in [0.4, 0.5) is 4.79 Å². The summed E-state index contributed by atoms with van der Waals surface area (Å²) in [5.41, 5.74) is 1.11. The van der Waals surface area contributed by atoms with E-state index in [0.29, 0.717) is 12.4 Å². The molecule has 6 nitrogen and oxygen atoms in total. The van der Waals surface area contributed by atoms with Gasteiger partial charge < -0.3 is 14.7 Å². The van der Waals surface area contributed by atoms with Gasteiger partial charge in [-0.1, -0.05) is 35.5 Å². The first kappa shape index (κ1) is 15.5. The van der Waals surface area contributed by atoms with Crippen molar-refractivity contribution >= 4 is 6.03 Å². The molecule has 0 saturated carbocycles. The molecule has 0 spiro atoms. The van der Waals surface area contributed by atoms with Gasteiger partial charge in [0.25, 0.3) is 0 Å². The summed E-state index contributed by atoms with van der Waals surface area (Å²) in [6.45, 7) is 3.17. The van der Waals surface area contributed by atoms with Crippen LogP contribution in [-0.2, 0) is 13.0 Å². The Bertz CT molecular complexity index is 641. The average molecular weight is 314 g/mol. The van der Waals surface area contributed by atoms with Crippen LogP contribution < -0.4 is 5.32 Å². The van der Waals surface area contributed by atoms with Gasteiger partial charge in [-0.2, -0.15) is 4.98 Å². The highest BCUT2D eigenvalue weighted by Gasteiger charge is 2.28. The van der Waals surface area contributed by atoms with Crippen molar-refractivity contribution in [3.05, 3.63) is 47.6 Å². The fourth-order valence-corrected chi connectivity index (χ4v) is 3.02. The summed E-state index contributed by atoms with van der Waals surface area (Å²) < 4.78 is 4.99. The van der Waals surface area contributed by atoms with E-state index >= 15 is 0 Å². The molecule has 0 bridgehead atoms. The molecule has 1 aromatic carbocycles. The number of amides is 2. The summed E-state index contributed by atoms with van der Waals surface area (Å²) in [7, 11) is 0. The zero-order valence-electron chi connectivity index (χ0n) is 13.4. The number of hydrogen-bond donors (Lipinski definition) is 1. The second kappa shape index (κ2) is 7.26. The molecule has 2 amide bonds. The van der Waals surface area contributed by atoms with Crippen molar-refractivity contribution in [2.45, 2.75) is 45.2 Å². The number of nitrogens with zero attached hydrogens (tertiary/aromatic N) is 3. The number of likely N-dealkylation sites (tertiary alicyclic amines) is 1. The van der Waals surface area contributed by atoms with E-state index in [1.165, 1.54) is 0 Å². The number of rotatable bonds is 5. The standard InChI is InChI=1S/C17H22N4O2/c1-13-19-16(20-23-13)10-9-15-8-5-11-21(15)17(22)18-12-14-6-3-2-4-7-14/h2-4,6-7,15H,5,8-12H2,1H3,(H,18,22). The first-order chi connectivity index (χ1) is 11.2. The Morgan fingerprint density at radius 2 is 2.22 bits per heavy atom. The molecule has 1 aliphatic rings. The Hall–Kier alpha value is -2.37. The second-order valence-electron chi connectivity index (χ2n) is 5.90. The molecule has 122 valence electrons. The molecule has 23 heavy (non-hydrogen) atoms. The topological polar surface area (TPSA) is 71.3 Å². The van der Waals surface area contributed by atoms with E-state index < -0.39 is 0 Å². The van der Waals surface area contributed by atoms with E-state index in [1.54, 1.807) is 6.92 Å². The van der Waals surface area contributed by atoms with Crippen LogP contribution >= 0.6 is 0 Å². The van der Waals surface area contributed by atoms with Crippen LogP contribution in [0.3, 0.4) is 0 Å². The Balaban J connectivity index is 1.50. The molecule has 3 rings (SSSR count). The maximum atomic E-state index is 12.4. The second-order valence-corrected chi connectivity index (χ2v) is 5.90. The van der Waals surface area contributed by atoms with Crippen molar-refractivity contribution < 1.29 is 9.32 Å². The van der Waals surface area contributed by atoms with Crippen molar-refractivity contribution in [1.29, 1.82) is 0 Å². The minimum atomic E-state index is 0.0145. The van der Waals surface area contributed by atoms with Crippen molar-refractivity contribution in [3.8, 4) is 0 Å². The molecule has 1 fully saturated rings. The molecule has 1 saturated heterocycles. The number of aryl methyl sites for hydroxylation is 2. The zero-order chi connectivity index (χ0) is 16.1. The third-order valence-corrected chi connectivity index (χ3v) is 4.20. The van der Waals surface area contributed by atoms with Gasteiger partial charge in [0, 0.05) is 32.5 Å². The lowest BCUT2D eigenvalue weighted by Gasteiger charge is -2.24. The summed E-state index contributed by atoms with van der Waals surface area (Å²) in [5, 5.41) is 6.93. The highest BCUT2D eigenvalue weighted by molar-refractivity contribution is 5.74. The summed E-state index contributed by atoms with van der Waals surface area (Å²) in [6, 6.07) is 10.2. The van der Waals surface area contributed by atoms with Gasteiger partial charge in [0.2, 0.25) is 5.89 Å². The molecule has 1 atom stereocenters. The van der Waals surface area contributed by atoms with Crippen LogP contribution in [0.1, 0.15) is 36.5 Å². The Kier molecular flexibility index (Phi) is 4.90. The minimum absolute atomic E-state index is 0.0145. The fourth-order valence-electron chi connectivity index (χ4n) is 3.02. The lowest BCUT2D eigenvalue weighted by molar-refractivity contribution is 0.189. The van der Waals surface area contributed by atoms with Gasteiger partial charge in [-0.05, 0) is 24.8 Å². The summed E-state index contributed by atoms with van der Waals surface area (Å²) in [4.78, 5) is 18.6. The Morgan fingerprint density at radius 1 is 1.39 bits per heavy atom. The minimum Gasteiger partial charge on any atom is -0.340 e. The molecule has 1 N–H and O–H groups in total. The van der Waals surface area contributed by atoms with Gasteiger partial charge in [-0.25, -0.2) is 4.79 Å². The van der Waals surface area contributed by atoms with Crippen LogP contribution in [0.5, 0.6) is 0 Å². The van der Waals surface area contributed by atoms with Crippen LogP contribution in [0.15, 0.2) is 34.9 Å². The van der Waals surface area contributed by atoms with Crippen molar-refractivity contribution in [3.63, 3.8) is 0 Å². The number of benzene rings is 1. The predicted molar refractivity (Wildman–Crippen MR) is 85.8 cm³/mol. The highest BCUT2D eigenvalue weighted by atomic mass is 16.5. The molecule has 2 aromatic rings. The van der Waals surface area contributed by atoms with Crippen LogP contribution in [0.25, 0.3) is 0 Å². The largest absolute Gasteiger partial charge is 0.340 e. The molecule has 1 unspecified atom stereocenters. The molecule has 0 aliphatic carbocycles. The van der Waals surface area contributed by atoms with Gasteiger partial charge in [0.15, 0.2) is 5.82 Å². The number of carbonyl (C=O) groups excluding carboxylic acids is 1. The molecule has 1 aromatic heterocycles. The maximum Gasteiger partial charge on any atom is 0.317 e. The van der Waals surface area contributed by atoms with Crippen molar-refractivity contribution in [2.75, 3.05) is 6.54 Å². The van der Waals surface area contributed by atoms with Crippen LogP contribution in [0.2, 0.25) is 0 Å². The lowest BCUT2D eigenvalue weighted by Crippen LogP contribution is -2.42. The van der Waals surface area contributed by atoms with Gasteiger partial charge in [0.1, 0.15) is 0 Å². The quantitative estimate of drug-likeness (QED) is 0.921. The van der Waals surface area contributed by atoms with E-state index in [2.05, 4.69) is 15.5 Å². The molecule has 1 aliphatic heterocycles.